The molecule has 0 saturated heterocycles. The van der Waals surface area contributed by atoms with Crippen LogP contribution < -0.4 is 9.47 Å². The molecule has 0 aliphatic heterocycles. The van der Waals surface area contributed by atoms with Crippen molar-refractivity contribution in [2.24, 2.45) is 0 Å². The number of methoxy groups -OCH3 is 2. The van der Waals surface area contributed by atoms with Crippen LogP contribution in [-0.4, -0.2) is 37.6 Å². The van der Waals surface area contributed by atoms with Gasteiger partial charge in [0.25, 0.3) is 0 Å². The van der Waals surface area contributed by atoms with E-state index in [0.717, 1.165) is 24.8 Å². The van der Waals surface area contributed by atoms with Crippen molar-refractivity contribution in [1.29, 1.82) is 5.26 Å². The average molecular weight is 302 g/mol. The zero-order chi connectivity index (χ0) is 16.2. The van der Waals surface area contributed by atoms with E-state index in [1.54, 1.807) is 26.2 Å². The van der Waals surface area contributed by atoms with E-state index in [4.69, 9.17) is 9.47 Å². The van der Waals surface area contributed by atoms with Crippen molar-refractivity contribution in [3.05, 3.63) is 23.8 Å². The zero-order valence-electron chi connectivity index (χ0n) is 13.4. The van der Waals surface area contributed by atoms with Crippen molar-refractivity contribution in [3.8, 4) is 17.6 Å². The van der Waals surface area contributed by atoms with Crippen LogP contribution in [0.1, 0.15) is 31.2 Å². The first-order chi connectivity index (χ1) is 10.6. The van der Waals surface area contributed by atoms with Gasteiger partial charge in [0.15, 0.2) is 11.5 Å². The fourth-order valence-electron chi connectivity index (χ4n) is 2.73. The number of hydrogen-bond donors (Lipinski definition) is 0. The lowest BCUT2D eigenvalue weighted by Gasteiger charge is -2.43. The predicted octanol–water partition coefficient (Wildman–Crippen LogP) is 2.54. The van der Waals surface area contributed by atoms with Gasteiger partial charge in [-0.25, -0.2) is 0 Å². The maximum Gasteiger partial charge on any atom is 0.223 e. The Morgan fingerprint density at radius 2 is 2.00 bits per heavy atom. The number of ether oxygens (including phenoxy) is 2. The molecule has 0 aromatic heterocycles. The van der Waals surface area contributed by atoms with Crippen LogP contribution in [0.5, 0.6) is 11.5 Å². The highest BCUT2D eigenvalue weighted by Crippen LogP contribution is 2.36. The third-order valence-electron chi connectivity index (χ3n) is 4.48. The van der Waals surface area contributed by atoms with Gasteiger partial charge in [-0.05, 0) is 43.4 Å². The summed E-state index contributed by atoms with van der Waals surface area (Å²) >= 11 is 0. The lowest BCUT2D eigenvalue weighted by Crippen LogP contribution is -2.53. The number of nitriles is 1. The molecule has 0 bridgehead atoms. The van der Waals surface area contributed by atoms with E-state index < -0.39 is 5.54 Å². The molecule has 1 saturated carbocycles. The Morgan fingerprint density at radius 3 is 2.50 bits per heavy atom. The maximum atomic E-state index is 12.3. The molecule has 1 aromatic carbocycles. The monoisotopic (exact) mass is 302 g/mol. The molecule has 0 unspecified atom stereocenters. The molecule has 1 fully saturated rings. The van der Waals surface area contributed by atoms with Crippen LogP contribution in [0.2, 0.25) is 0 Å². The van der Waals surface area contributed by atoms with Crippen molar-refractivity contribution in [3.63, 3.8) is 0 Å². The van der Waals surface area contributed by atoms with E-state index in [9.17, 15) is 10.1 Å². The lowest BCUT2D eigenvalue weighted by atomic mass is 9.76. The molecule has 22 heavy (non-hydrogen) atoms. The second kappa shape index (κ2) is 6.69. The highest BCUT2D eigenvalue weighted by molar-refractivity contribution is 5.77. The van der Waals surface area contributed by atoms with E-state index in [1.807, 2.05) is 18.2 Å². The first kappa shape index (κ1) is 16.2. The predicted molar refractivity (Wildman–Crippen MR) is 82.8 cm³/mol. The minimum atomic E-state index is -0.575. The van der Waals surface area contributed by atoms with Gasteiger partial charge in [-0.1, -0.05) is 6.07 Å². The molecule has 1 aliphatic rings. The molecular formula is C17H22N2O3. The van der Waals surface area contributed by atoms with Crippen molar-refractivity contribution in [2.75, 3.05) is 21.3 Å². The molecule has 0 atom stereocenters. The third-order valence-corrected chi connectivity index (χ3v) is 4.48. The normalized spacial score (nSPS) is 15.4. The number of nitrogens with zero attached hydrogens (tertiary/aromatic N) is 2. The van der Waals surface area contributed by atoms with Crippen LogP contribution >= 0.6 is 0 Å². The van der Waals surface area contributed by atoms with Crippen LogP contribution in [0, 0.1) is 11.3 Å². The quantitative estimate of drug-likeness (QED) is 0.810. The fraction of sp³-hybridized carbons (Fsp3) is 0.529. The molecule has 0 radical (unpaired) electrons. The molecular weight excluding hydrogens is 280 g/mol. The summed E-state index contributed by atoms with van der Waals surface area (Å²) in [5, 5.41) is 9.29. The average Bonchev–Trinajstić information content (AvgIpc) is 2.51. The first-order valence-electron chi connectivity index (χ1n) is 7.45. The molecule has 1 aromatic rings. The molecule has 0 heterocycles. The number of carbonyl (C=O) groups excluding carboxylic acids is 1. The zero-order valence-corrected chi connectivity index (χ0v) is 13.4. The van der Waals surface area contributed by atoms with Gasteiger partial charge in [0.05, 0.1) is 20.3 Å². The Labute approximate surface area is 131 Å². The molecule has 0 spiro atoms. The Bertz CT molecular complexity index is 588. The Balaban J connectivity index is 1.98. The molecule has 0 N–H and O–H groups in total. The summed E-state index contributed by atoms with van der Waals surface area (Å²) in [6.07, 6.45) is 3.57. The van der Waals surface area contributed by atoms with Gasteiger partial charge in [-0.3, -0.25) is 4.79 Å². The second-order valence-electron chi connectivity index (χ2n) is 5.64. The number of rotatable bonds is 6. The first-order valence-corrected chi connectivity index (χ1v) is 7.45. The van der Waals surface area contributed by atoms with Gasteiger partial charge in [-0.2, -0.15) is 5.26 Å². The van der Waals surface area contributed by atoms with Crippen molar-refractivity contribution in [1.82, 2.24) is 4.90 Å². The van der Waals surface area contributed by atoms with Crippen LogP contribution in [0.15, 0.2) is 18.2 Å². The number of hydrogen-bond acceptors (Lipinski definition) is 4. The van der Waals surface area contributed by atoms with Crippen molar-refractivity contribution < 1.29 is 14.3 Å². The minimum Gasteiger partial charge on any atom is -0.493 e. The van der Waals surface area contributed by atoms with Crippen LogP contribution in [0.3, 0.4) is 0 Å². The smallest absolute Gasteiger partial charge is 0.223 e. The highest BCUT2D eigenvalue weighted by Gasteiger charge is 2.43. The lowest BCUT2D eigenvalue weighted by molar-refractivity contribution is -0.136. The largest absolute Gasteiger partial charge is 0.493 e. The number of carbonyl (C=O) groups is 1. The Morgan fingerprint density at radius 1 is 1.32 bits per heavy atom. The minimum absolute atomic E-state index is 0.0102. The standard InChI is InChI=1S/C17H22N2O3/c1-19(17(12-18)9-4-10-17)16(20)8-6-13-5-7-14(21-2)15(11-13)22-3/h5,7,11H,4,6,8-10H2,1-3H3. The summed E-state index contributed by atoms with van der Waals surface area (Å²) in [5.74, 6) is 1.34. The SMILES string of the molecule is COc1ccc(CCC(=O)N(C)C2(C#N)CCC2)cc1OC. The van der Waals surface area contributed by atoms with Gasteiger partial charge in [0.2, 0.25) is 5.91 Å². The van der Waals surface area contributed by atoms with Gasteiger partial charge in [-0.15, -0.1) is 0 Å². The van der Waals surface area contributed by atoms with Crippen molar-refractivity contribution >= 4 is 5.91 Å². The van der Waals surface area contributed by atoms with Crippen LogP contribution in [0.4, 0.5) is 0 Å². The van der Waals surface area contributed by atoms with E-state index >= 15 is 0 Å². The Kier molecular flexibility index (Phi) is 4.92. The molecule has 1 amide bonds. The second-order valence-corrected chi connectivity index (χ2v) is 5.64. The van der Waals surface area contributed by atoms with Crippen LogP contribution in [0.25, 0.3) is 0 Å². The molecule has 118 valence electrons. The number of benzene rings is 1. The van der Waals surface area contributed by atoms with Gasteiger partial charge in [0, 0.05) is 13.5 Å². The summed E-state index contributed by atoms with van der Waals surface area (Å²) in [4.78, 5) is 13.9. The third kappa shape index (κ3) is 3.01. The number of amides is 1. The fourth-order valence-corrected chi connectivity index (χ4v) is 2.73. The van der Waals surface area contributed by atoms with E-state index in [1.165, 1.54) is 0 Å². The molecule has 1 aliphatic carbocycles. The summed E-state index contributed by atoms with van der Waals surface area (Å²) < 4.78 is 10.5. The molecule has 2 rings (SSSR count). The molecule has 5 heteroatoms. The van der Waals surface area contributed by atoms with E-state index in [2.05, 4.69) is 6.07 Å². The summed E-state index contributed by atoms with van der Waals surface area (Å²) in [5.41, 5.74) is 0.438. The summed E-state index contributed by atoms with van der Waals surface area (Å²) in [6.45, 7) is 0. The highest BCUT2D eigenvalue weighted by atomic mass is 16.5. The maximum absolute atomic E-state index is 12.3. The molecule has 5 nitrogen and oxygen atoms in total. The topological polar surface area (TPSA) is 62.6 Å². The summed E-state index contributed by atoms with van der Waals surface area (Å²) in [7, 11) is 4.92. The van der Waals surface area contributed by atoms with Crippen molar-refractivity contribution in [2.45, 2.75) is 37.6 Å². The van der Waals surface area contributed by atoms with Gasteiger partial charge < -0.3 is 14.4 Å². The summed E-state index contributed by atoms with van der Waals surface area (Å²) in [6, 6.07) is 7.95. The number of aryl methyl sites for hydroxylation is 1. The Hall–Kier alpha value is -2.22. The van der Waals surface area contributed by atoms with E-state index in [0.29, 0.717) is 24.3 Å². The van der Waals surface area contributed by atoms with Gasteiger partial charge >= 0.3 is 0 Å². The van der Waals surface area contributed by atoms with Gasteiger partial charge in [0.1, 0.15) is 5.54 Å². The van der Waals surface area contributed by atoms with Crippen LogP contribution in [-0.2, 0) is 11.2 Å². The van der Waals surface area contributed by atoms with E-state index in [-0.39, 0.29) is 5.91 Å².